The van der Waals surface area contributed by atoms with Gasteiger partial charge >= 0.3 is 0 Å². The zero-order valence-electron chi connectivity index (χ0n) is 27.8. The van der Waals surface area contributed by atoms with Gasteiger partial charge in [0.15, 0.2) is 0 Å². The van der Waals surface area contributed by atoms with Crippen LogP contribution >= 0.6 is 0 Å². The molecule has 0 fully saturated rings. The number of benzene rings is 2. The van der Waals surface area contributed by atoms with Gasteiger partial charge in [-0.05, 0) is 49.2 Å². The molecule has 43 heavy (non-hydrogen) atoms. The normalized spacial score (nSPS) is 11.4. The first-order valence-electron chi connectivity index (χ1n) is 18.0. The van der Waals surface area contributed by atoms with Gasteiger partial charge in [-0.1, -0.05) is 142 Å². The van der Waals surface area contributed by atoms with Crippen LogP contribution in [0.5, 0.6) is 17.2 Å². The fraction of sp³-hybridized carbons (Fsp3) is 0.667. The first-order valence-corrected chi connectivity index (χ1v) is 18.0. The highest BCUT2D eigenvalue weighted by Crippen LogP contribution is 2.24. The lowest BCUT2D eigenvalue weighted by molar-refractivity contribution is 0.302. The molecule has 0 saturated carbocycles. The van der Waals surface area contributed by atoms with E-state index in [2.05, 4.69) is 18.8 Å². The Bertz CT molecular complexity index is 940. The minimum atomic E-state index is 0.187. The summed E-state index contributed by atoms with van der Waals surface area (Å²) >= 11 is 0. The van der Waals surface area contributed by atoms with Gasteiger partial charge in [-0.25, -0.2) is 0 Å². The molecule has 2 aromatic carbocycles. The number of hydrogen-bond donors (Lipinski definition) is 1. The standard InChI is InChI=1S/C39H63NO3/c1-3-5-7-9-11-13-15-16-18-19-21-23-31-42-37-29-26-36(27-30-37)40-34-35-25-28-38(33-39(35)41)43-32-24-22-20-17-14-12-10-8-6-4-2/h25-30,33-34,41H,3-24,31-32H2,1-2H3. The molecule has 0 aliphatic carbocycles. The minimum Gasteiger partial charge on any atom is -0.507 e. The number of phenolic OH excluding ortho intramolecular Hbond substituents is 1. The maximum atomic E-state index is 10.4. The van der Waals surface area contributed by atoms with Crippen LogP contribution < -0.4 is 9.47 Å². The predicted molar refractivity (Wildman–Crippen MR) is 186 cm³/mol. The molecule has 0 saturated heterocycles. The topological polar surface area (TPSA) is 51.0 Å². The average molecular weight is 594 g/mol. The van der Waals surface area contributed by atoms with Crippen LogP contribution in [0.4, 0.5) is 5.69 Å². The molecule has 0 amide bonds. The van der Waals surface area contributed by atoms with Gasteiger partial charge in [-0.3, -0.25) is 4.99 Å². The van der Waals surface area contributed by atoms with Crippen LogP contribution in [0, 0.1) is 0 Å². The van der Waals surface area contributed by atoms with Gasteiger partial charge in [0.2, 0.25) is 0 Å². The van der Waals surface area contributed by atoms with Crippen molar-refractivity contribution in [1.29, 1.82) is 0 Å². The summed E-state index contributed by atoms with van der Waals surface area (Å²) in [5, 5.41) is 10.4. The maximum Gasteiger partial charge on any atom is 0.128 e. The van der Waals surface area contributed by atoms with E-state index in [0.717, 1.165) is 30.9 Å². The smallest absolute Gasteiger partial charge is 0.128 e. The molecule has 4 nitrogen and oxygen atoms in total. The fourth-order valence-corrected chi connectivity index (χ4v) is 5.41. The van der Waals surface area contributed by atoms with E-state index in [1.807, 2.05) is 36.4 Å². The number of aromatic hydroxyl groups is 1. The summed E-state index contributed by atoms with van der Waals surface area (Å²) in [6.45, 7) is 6.00. The Kier molecular flexibility index (Phi) is 22.2. The number of unbranched alkanes of at least 4 members (excludes halogenated alkanes) is 20. The maximum absolute atomic E-state index is 10.4. The van der Waals surface area contributed by atoms with Crippen LogP contribution in [-0.4, -0.2) is 24.5 Å². The van der Waals surface area contributed by atoms with Gasteiger partial charge in [0, 0.05) is 17.8 Å². The quantitative estimate of drug-likeness (QED) is 0.0788. The van der Waals surface area contributed by atoms with E-state index >= 15 is 0 Å². The van der Waals surface area contributed by atoms with Crippen LogP contribution in [0.1, 0.15) is 161 Å². The first kappa shape index (κ1) is 36.7. The summed E-state index contributed by atoms with van der Waals surface area (Å²) in [4.78, 5) is 4.53. The van der Waals surface area contributed by atoms with Gasteiger partial charge in [0.25, 0.3) is 0 Å². The highest BCUT2D eigenvalue weighted by molar-refractivity contribution is 5.85. The zero-order chi connectivity index (χ0) is 30.6. The summed E-state index contributed by atoms with van der Waals surface area (Å²) < 4.78 is 11.8. The summed E-state index contributed by atoms with van der Waals surface area (Å²) in [6.07, 6.45) is 31.0. The Morgan fingerprint density at radius 2 is 0.907 bits per heavy atom. The van der Waals surface area contributed by atoms with Gasteiger partial charge < -0.3 is 14.6 Å². The second-order valence-electron chi connectivity index (χ2n) is 12.2. The molecular formula is C39H63NO3. The Morgan fingerprint density at radius 3 is 1.35 bits per heavy atom. The Hall–Kier alpha value is -2.49. The van der Waals surface area contributed by atoms with Crippen LogP contribution in [0.15, 0.2) is 47.5 Å². The number of aliphatic imine (C=N–C) groups is 1. The molecule has 0 heterocycles. The molecule has 0 aliphatic rings. The average Bonchev–Trinajstić information content (AvgIpc) is 3.02. The largest absolute Gasteiger partial charge is 0.507 e. The lowest BCUT2D eigenvalue weighted by Gasteiger charge is -2.08. The summed E-state index contributed by atoms with van der Waals surface area (Å²) in [5.41, 5.74) is 1.51. The van der Waals surface area contributed by atoms with Crippen LogP contribution in [0.3, 0.4) is 0 Å². The number of phenols is 1. The molecule has 0 radical (unpaired) electrons. The Morgan fingerprint density at radius 1 is 0.512 bits per heavy atom. The van der Waals surface area contributed by atoms with Gasteiger partial charge in [0.1, 0.15) is 17.2 Å². The van der Waals surface area contributed by atoms with E-state index in [4.69, 9.17) is 9.47 Å². The van der Waals surface area contributed by atoms with E-state index in [1.165, 1.54) is 128 Å². The molecule has 0 aliphatic heterocycles. The van der Waals surface area contributed by atoms with E-state index in [1.54, 1.807) is 12.3 Å². The molecule has 0 bridgehead atoms. The lowest BCUT2D eigenvalue weighted by Crippen LogP contribution is -1.97. The van der Waals surface area contributed by atoms with Crippen molar-refractivity contribution in [2.24, 2.45) is 4.99 Å². The number of nitrogens with zero attached hydrogens (tertiary/aromatic N) is 1. The SMILES string of the molecule is CCCCCCCCCCCCCCOc1ccc(N=Cc2ccc(OCCCCCCCCCCCC)cc2O)cc1. The summed E-state index contributed by atoms with van der Waals surface area (Å²) in [5.74, 6) is 1.78. The van der Waals surface area contributed by atoms with Crippen LogP contribution in [-0.2, 0) is 0 Å². The van der Waals surface area contributed by atoms with Crippen molar-refractivity contribution >= 4 is 11.9 Å². The lowest BCUT2D eigenvalue weighted by atomic mass is 10.1. The van der Waals surface area contributed by atoms with Crippen molar-refractivity contribution in [2.75, 3.05) is 13.2 Å². The second kappa shape index (κ2) is 26.0. The third-order valence-electron chi connectivity index (χ3n) is 8.22. The number of rotatable bonds is 28. The van der Waals surface area contributed by atoms with Gasteiger partial charge in [-0.15, -0.1) is 0 Å². The van der Waals surface area contributed by atoms with Crippen LogP contribution in [0.25, 0.3) is 0 Å². The fourth-order valence-electron chi connectivity index (χ4n) is 5.41. The van der Waals surface area contributed by atoms with Crippen molar-refractivity contribution in [3.8, 4) is 17.2 Å². The van der Waals surface area contributed by atoms with E-state index in [0.29, 0.717) is 17.9 Å². The molecule has 0 atom stereocenters. The highest BCUT2D eigenvalue weighted by Gasteiger charge is 2.03. The first-order chi connectivity index (χ1) is 21.2. The molecule has 2 rings (SSSR count). The van der Waals surface area contributed by atoms with Crippen molar-refractivity contribution in [1.82, 2.24) is 0 Å². The zero-order valence-corrected chi connectivity index (χ0v) is 27.8. The molecule has 0 aromatic heterocycles. The van der Waals surface area contributed by atoms with Crippen molar-refractivity contribution < 1.29 is 14.6 Å². The van der Waals surface area contributed by atoms with Crippen molar-refractivity contribution in [2.45, 2.75) is 155 Å². The third kappa shape index (κ3) is 19.4. The minimum absolute atomic E-state index is 0.187. The third-order valence-corrected chi connectivity index (χ3v) is 8.22. The highest BCUT2D eigenvalue weighted by atomic mass is 16.5. The van der Waals surface area contributed by atoms with E-state index < -0.39 is 0 Å². The van der Waals surface area contributed by atoms with E-state index in [-0.39, 0.29) is 5.75 Å². The summed E-state index contributed by atoms with van der Waals surface area (Å²) in [7, 11) is 0. The predicted octanol–water partition coefficient (Wildman–Crippen LogP) is 12.5. The monoisotopic (exact) mass is 593 g/mol. The van der Waals surface area contributed by atoms with E-state index in [9.17, 15) is 5.11 Å². The molecule has 0 spiro atoms. The molecular weight excluding hydrogens is 530 g/mol. The molecule has 0 unspecified atom stereocenters. The second-order valence-corrected chi connectivity index (χ2v) is 12.2. The van der Waals surface area contributed by atoms with Crippen molar-refractivity contribution in [3.63, 3.8) is 0 Å². The molecule has 4 heteroatoms. The Balaban J connectivity index is 1.52. The van der Waals surface area contributed by atoms with Gasteiger partial charge in [0.05, 0.1) is 18.9 Å². The molecule has 1 N–H and O–H groups in total. The van der Waals surface area contributed by atoms with Crippen molar-refractivity contribution in [3.05, 3.63) is 48.0 Å². The van der Waals surface area contributed by atoms with Gasteiger partial charge in [-0.2, -0.15) is 0 Å². The Labute approximate surface area is 264 Å². The molecule has 242 valence electrons. The molecule has 2 aromatic rings. The summed E-state index contributed by atoms with van der Waals surface area (Å²) in [6, 6.07) is 13.3. The number of hydrogen-bond acceptors (Lipinski definition) is 4. The van der Waals surface area contributed by atoms with Crippen LogP contribution in [0.2, 0.25) is 0 Å². The number of ether oxygens (including phenoxy) is 2.